The summed E-state index contributed by atoms with van der Waals surface area (Å²) < 4.78 is 2.15. The number of rotatable bonds is 5. The Hall–Kier alpha value is -0.771. The zero-order valence-electron chi connectivity index (χ0n) is 12.0. The van der Waals surface area contributed by atoms with Gasteiger partial charge in [-0.25, -0.2) is 0 Å². The van der Waals surface area contributed by atoms with Gasteiger partial charge in [0.05, 0.1) is 11.4 Å². The first kappa shape index (κ1) is 18.3. The predicted molar refractivity (Wildman–Crippen MR) is 87.2 cm³/mol. The van der Waals surface area contributed by atoms with Crippen LogP contribution >= 0.6 is 20.2 Å². The molecule has 2 aromatic rings. The van der Waals surface area contributed by atoms with Gasteiger partial charge >= 0.3 is 33.3 Å². The van der Waals surface area contributed by atoms with Crippen LogP contribution in [0.5, 0.6) is 0 Å². The van der Waals surface area contributed by atoms with Crippen LogP contribution in [0, 0.1) is 0 Å². The molecule has 0 N–H and O–H groups in total. The molecule has 1 unspecified atom stereocenters. The molecule has 21 heavy (non-hydrogen) atoms. The maximum absolute atomic E-state index is 4.76. The van der Waals surface area contributed by atoms with E-state index in [0.29, 0.717) is 6.54 Å². The van der Waals surface area contributed by atoms with Gasteiger partial charge in [0, 0.05) is 18.9 Å². The molecule has 0 aliphatic carbocycles. The van der Waals surface area contributed by atoms with Crippen LogP contribution in [0.1, 0.15) is 18.7 Å². The molecule has 115 valence electrons. The summed E-state index contributed by atoms with van der Waals surface area (Å²) in [6.45, 7) is 6.48. The van der Waals surface area contributed by atoms with Gasteiger partial charge in [0.2, 0.25) is 0 Å². The number of hydrogen-bond donors (Lipinski definition) is 0. The minimum absolute atomic E-state index is 0.172. The van der Waals surface area contributed by atoms with E-state index in [0.717, 1.165) is 11.4 Å². The number of hydrogen-bond acceptors (Lipinski definition) is 1. The molecule has 0 aliphatic heterocycles. The van der Waals surface area contributed by atoms with E-state index in [4.69, 9.17) is 20.2 Å². The van der Waals surface area contributed by atoms with Gasteiger partial charge in [0.15, 0.2) is 0 Å². The summed E-state index contributed by atoms with van der Waals surface area (Å²) in [4.78, 5) is 4.38. The van der Waals surface area contributed by atoms with Crippen LogP contribution in [0.4, 0.5) is 0 Å². The molecular formula is C15H18Cl2FeN3. The normalized spacial score (nSPS) is 11.4. The maximum atomic E-state index is 4.76. The fraction of sp³-hybridized carbons (Fsp3) is 0.267. The van der Waals surface area contributed by atoms with Crippen LogP contribution < -0.4 is 0 Å². The van der Waals surface area contributed by atoms with Crippen LogP contribution in [0.3, 0.4) is 0 Å². The molecule has 2 aromatic heterocycles. The SMILES string of the molecule is C=CC[N-]C(C)c1ccc(-c2ccccn2)n1C.[Cl][Fe+][Cl]. The summed E-state index contributed by atoms with van der Waals surface area (Å²) in [7, 11) is 11.6. The molecule has 0 aromatic carbocycles. The molecule has 1 atom stereocenters. The minimum atomic E-state index is 0.172. The number of nitrogens with zero attached hydrogens (tertiary/aromatic N) is 3. The van der Waals surface area contributed by atoms with Crippen molar-refractivity contribution in [2.24, 2.45) is 7.05 Å². The van der Waals surface area contributed by atoms with Crippen LogP contribution in [-0.4, -0.2) is 16.1 Å². The molecule has 0 spiro atoms. The second-order valence-electron chi connectivity index (χ2n) is 4.30. The quantitative estimate of drug-likeness (QED) is 0.536. The van der Waals surface area contributed by atoms with Crippen molar-refractivity contribution in [3.63, 3.8) is 0 Å². The third-order valence-corrected chi connectivity index (χ3v) is 3.02. The predicted octanol–water partition coefficient (Wildman–Crippen LogP) is 5.08. The van der Waals surface area contributed by atoms with Gasteiger partial charge in [-0.3, -0.25) is 4.98 Å². The average Bonchev–Trinajstić information content (AvgIpc) is 2.88. The molecular weight excluding hydrogens is 349 g/mol. The molecule has 0 saturated heterocycles. The van der Waals surface area contributed by atoms with E-state index in [1.807, 2.05) is 30.5 Å². The summed E-state index contributed by atoms with van der Waals surface area (Å²) >= 11 is 0.194. The van der Waals surface area contributed by atoms with Crippen LogP contribution in [0.25, 0.3) is 16.7 Å². The van der Waals surface area contributed by atoms with Crippen molar-refractivity contribution in [1.82, 2.24) is 9.55 Å². The van der Waals surface area contributed by atoms with Gasteiger partial charge < -0.3 is 9.88 Å². The van der Waals surface area contributed by atoms with Crippen molar-refractivity contribution in [3.8, 4) is 11.4 Å². The number of pyridine rings is 1. The Morgan fingerprint density at radius 1 is 1.38 bits per heavy atom. The molecule has 0 amide bonds. The summed E-state index contributed by atoms with van der Waals surface area (Å²) in [6.07, 6.45) is 3.63. The van der Waals surface area contributed by atoms with Gasteiger partial charge in [-0.2, -0.15) is 0 Å². The van der Waals surface area contributed by atoms with Gasteiger partial charge in [-0.1, -0.05) is 19.0 Å². The molecule has 0 bridgehead atoms. The number of aromatic nitrogens is 2. The Morgan fingerprint density at radius 3 is 2.67 bits per heavy atom. The Morgan fingerprint density at radius 2 is 2.10 bits per heavy atom. The van der Waals surface area contributed by atoms with Gasteiger partial charge in [-0.15, -0.1) is 19.2 Å². The molecule has 0 saturated carbocycles. The van der Waals surface area contributed by atoms with Crippen molar-refractivity contribution in [2.45, 2.75) is 13.0 Å². The molecule has 2 heterocycles. The van der Waals surface area contributed by atoms with Gasteiger partial charge in [0.25, 0.3) is 0 Å². The Balaban J connectivity index is 0.000000677. The Labute approximate surface area is 141 Å². The first-order chi connectivity index (χ1) is 10.2. The molecule has 0 radical (unpaired) electrons. The van der Waals surface area contributed by atoms with Crippen LogP contribution in [0.15, 0.2) is 49.2 Å². The zero-order valence-corrected chi connectivity index (χ0v) is 14.6. The third kappa shape index (κ3) is 5.50. The second-order valence-corrected chi connectivity index (χ2v) is 6.12. The first-order valence-corrected chi connectivity index (χ1v) is 9.39. The zero-order chi connectivity index (χ0) is 15.7. The second kappa shape index (κ2) is 10.0. The monoisotopic (exact) mass is 366 g/mol. The molecule has 3 nitrogen and oxygen atoms in total. The topological polar surface area (TPSA) is 31.9 Å². The van der Waals surface area contributed by atoms with E-state index in [1.54, 1.807) is 0 Å². The third-order valence-electron chi connectivity index (χ3n) is 3.02. The van der Waals surface area contributed by atoms with E-state index in [1.165, 1.54) is 5.69 Å². The van der Waals surface area contributed by atoms with E-state index in [9.17, 15) is 0 Å². The van der Waals surface area contributed by atoms with Crippen molar-refractivity contribution in [2.75, 3.05) is 6.54 Å². The molecule has 6 heteroatoms. The molecule has 0 fully saturated rings. The summed E-state index contributed by atoms with van der Waals surface area (Å²) in [6, 6.07) is 10.3. The fourth-order valence-electron chi connectivity index (χ4n) is 2.04. The van der Waals surface area contributed by atoms with Gasteiger partial charge in [-0.05, 0) is 24.3 Å². The van der Waals surface area contributed by atoms with Crippen molar-refractivity contribution < 1.29 is 13.1 Å². The van der Waals surface area contributed by atoms with Crippen LogP contribution in [0.2, 0.25) is 0 Å². The molecule has 2 rings (SSSR count). The number of halogens is 2. The van der Waals surface area contributed by atoms with Crippen molar-refractivity contribution in [3.05, 3.63) is 60.2 Å². The first-order valence-electron chi connectivity index (χ1n) is 6.35. The van der Waals surface area contributed by atoms with E-state index < -0.39 is 0 Å². The van der Waals surface area contributed by atoms with Crippen molar-refractivity contribution in [1.29, 1.82) is 0 Å². The van der Waals surface area contributed by atoms with Crippen molar-refractivity contribution >= 4 is 20.2 Å². The summed E-state index contributed by atoms with van der Waals surface area (Å²) in [5.74, 6) is 0. The summed E-state index contributed by atoms with van der Waals surface area (Å²) in [5.41, 5.74) is 3.30. The molecule has 0 aliphatic rings. The standard InChI is InChI=1S/C15H18N3.2ClH.Fe/c1-4-10-16-12(2)14-8-9-15(18(14)3)13-7-5-6-11-17-13;;;/h4-9,11-12H,1,10H2,2-3H3;2*1H;/q-1;;;+3/p-2. The Bertz CT molecular complexity index is 543. The van der Waals surface area contributed by atoms with E-state index in [-0.39, 0.29) is 19.2 Å². The van der Waals surface area contributed by atoms with Crippen LogP contribution in [-0.2, 0) is 20.2 Å². The van der Waals surface area contributed by atoms with E-state index in [2.05, 4.69) is 47.6 Å². The van der Waals surface area contributed by atoms with E-state index >= 15 is 0 Å². The Kier molecular flexibility index (Phi) is 8.74. The van der Waals surface area contributed by atoms with Gasteiger partial charge in [0.1, 0.15) is 0 Å². The fourth-order valence-corrected chi connectivity index (χ4v) is 2.04. The summed E-state index contributed by atoms with van der Waals surface area (Å²) in [5, 5.41) is 4.52. The average molecular weight is 367 g/mol.